The third-order valence-electron chi connectivity index (χ3n) is 7.13. The van der Waals surface area contributed by atoms with Crippen LogP contribution in [0, 0.1) is 17.7 Å². The predicted molar refractivity (Wildman–Crippen MR) is 126 cm³/mol. The first-order valence-electron chi connectivity index (χ1n) is 12.3. The van der Waals surface area contributed by atoms with Crippen LogP contribution in [0.5, 0.6) is 0 Å². The van der Waals surface area contributed by atoms with E-state index in [0.717, 1.165) is 32.1 Å². The minimum absolute atomic E-state index is 0.0867. The molecule has 0 radical (unpaired) electrons. The van der Waals surface area contributed by atoms with Gasteiger partial charge in [-0.25, -0.2) is 9.37 Å². The molecular formula is C25H34FN5O3. The Hall–Kier alpha value is -2.97. The highest BCUT2D eigenvalue weighted by Gasteiger charge is 2.41. The van der Waals surface area contributed by atoms with E-state index < -0.39 is 23.8 Å². The van der Waals surface area contributed by atoms with Crippen molar-refractivity contribution < 1.29 is 18.8 Å². The monoisotopic (exact) mass is 471 g/mol. The summed E-state index contributed by atoms with van der Waals surface area (Å²) in [6.07, 6.45) is 4.58. The summed E-state index contributed by atoms with van der Waals surface area (Å²) in [7, 11) is 0. The van der Waals surface area contributed by atoms with Crippen molar-refractivity contribution >= 4 is 28.8 Å². The fourth-order valence-corrected chi connectivity index (χ4v) is 4.82. The molecule has 1 aliphatic carbocycles. The number of imidazole rings is 1. The Kier molecular flexibility index (Phi) is 7.19. The number of carbonyl (C=O) groups is 3. The van der Waals surface area contributed by atoms with Crippen LogP contribution in [0.15, 0.2) is 18.2 Å². The number of para-hydroxylation sites is 1. The molecule has 1 saturated heterocycles. The first kappa shape index (κ1) is 24.2. The minimum Gasteiger partial charge on any atom is -0.345 e. The van der Waals surface area contributed by atoms with E-state index in [-0.39, 0.29) is 41.6 Å². The van der Waals surface area contributed by atoms with Gasteiger partial charge in [0, 0.05) is 18.5 Å². The molecule has 2 aromatic rings. The van der Waals surface area contributed by atoms with Crippen LogP contribution >= 0.6 is 0 Å². The van der Waals surface area contributed by atoms with Crippen LogP contribution in [0.25, 0.3) is 11.0 Å². The molecule has 184 valence electrons. The van der Waals surface area contributed by atoms with E-state index >= 15 is 0 Å². The average Bonchev–Trinajstić information content (AvgIpc) is 3.38. The van der Waals surface area contributed by atoms with Crippen molar-refractivity contribution in [2.75, 3.05) is 6.54 Å². The topological polar surface area (TPSA) is 107 Å². The lowest BCUT2D eigenvalue weighted by molar-refractivity contribution is -0.139. The van der Waals surface area contributed by atoms with Crippen LogP contribution in [-0.4, -0.2) is 51.2 Å². The van der Waals surface area contributed by atoms with Gasteiger partial charge in [-0.1, -0.05) is 19.9 Å². The third-order valence-corrected chi connectivity index (χ3v) is 7.13. The van der Waals surface area contributed by atoms with Gasteiger partial charge in [-0.2, -0.15) is 0 Å². The zero-order chi connectivity index (χ0) is 24.4. The van der Waals surface area contributed by atoms with Gasteiger partial charge in [0.2, 0.25) is 17.7 Å². The summed E-state index contributed by atoms with van der Waals surface area (Å²) in [5.74, 6) is -0.620. The number of nitrogens with zero attached hydrogens (tertiary/aromatic N) is 2. The Bertz CT molecular complexity index is 1070. The van der Waals surface area contributed by atoms with Gasteiger partial charge in [0.25, 0.3) is 0 Å². The SMILES string of the molecule is CC[C@H]1CCCCN1C(=O)C[C@H](NC(=O)[C@H]1C[C@@H]1C)C(=O)N[C@@H](C)c1nc2c(F)cccc2[nH]1. The number of halogens is 1. The quantitative estimate of drug-likeness (QED) is 0.550. The standard InChI is InChI=1S/C25H34FN5O3/c1-4-16-8-5-6-11-31(16)21(32)13-20(29-24(33)17-12-14(17)2)25(34)27-15(3)23-28-19-10-7-9-18(26)22(19)30-23/h7,9-10,14-17,20H,4-6,8,11-13H2,1-3H3,(H,27,34)(H,28,30)(H,29,33)/t14-,15-,16-,17-,20-/m0/s1. The molecule has 2 heterocycles. The number of hydrogen-bond donors (Lipinski definition) is 3. The molecule has 0 bridgehead atoms. The molecule has 2 fully saturated rings. The Balaban J connectivity index is 1.47. The molecule has 5 atom stereocenters. The van der Waals surface area contributed by atoms with Gasteiger partial charge < -0.3 is 20.5 Å². The first-order valence-corrected chi connectivity index (χ1v) is 12.3. The Morgan fingerprint density at radius 1 is 1.26 bits per heavy atom. The largest absolute Gasteiger partial charge is 0.345 e. The molecule has 2 aliphatic rings. The smallest absolute Gasteiger partial charge is 0.243 e. The van der Waals surface area contributed by atoms with Crippen LogP contribution in [0.1, 0.15) is 71.2 Å². The summed E-state index contributed by atoms with van der Waals surface area (Å²) < 4.78 is 14.0. The number of carbonyl (C=O) groups excluding carboxylic acids is 3. The number of hydrogen-bond acceptors (Lipinski definition) is 4. The summed E-state index contributed by atoms with van der Waals surface area (Å²) >= 11 is 0. The maximum absolute atomic E-state index is 14.0. The summed E-state index contributed by atoms with van der Waals surface area (Å²) in [5, 5.41) is 5.66. The van der Waals surface area contributed by atoms with Crippen LogP contribution in [0.3, 0.4) is 0 Å². The molecule has 9 heteroatoms. The lowest BCUT2D eigenvalue weighted by Crippen LogP contribution is -2.52. The van der Waals surface area contributed by atoms with Gasteiger partial charge in [-0.3, -0.25) is 14.4 Å². The third kappa shape index (κ3) is 5.23. The van der Waals surface area contributed by atoms with E-state index in [1.54, 1.807) is 19.1 Å². The zero-order valence-corrected chi connectivity index (χ0v) is 20.1. The van der Waals surface area contributed by atoms with Gasteiger partial charge in [0.15, 0.2) is 5.82 Å². The molecule has 34 heavy (non-hydrogen) atoms. The molecule has 1 saturated carbocycles. The second-order valence-corrected chi connectivity index (χ2v) is 9.72. The number of aromatic nitrogens is 2. The highest BCUT2D eigenvalue weighted by atomic mass is 19.1. The van der Waals surface area contributed by atoms with Crippen LogP contribution in [0.2, 0.25) is 0 Å². The zero-order valence-electron chi connectivity index (χ0n) is 20.1. The number of rotatable bonds is 8. The lowest BCUT2D eigenvalue weighted by atomic mass is 9.98. The maximum atomic E-state index is 14.0. The maximum Gasteiger partial charge on any atom is 0.243 e. The molecule has 3 N–H and O–H groups in total. The average molecular weight is 472 g/mol. The van der Waals surface area contributed by atoms with E-state index in [0.29, 0.717) is 17.9 Å². The van der Waals surface area contributed by atoms with Crippen molar-refractivity contribution in [2.24, 2.45) is 11.8 Å². The second kappa shape index (κ2) is 10.1. The fourth-order valence-electron chi connectivity index (χ4n) is 4.82. The lowest BCUT2D eigenvalue weighted by Gasteiger charge is -2.36. The number of aromatic amines is 1. The van der Waals surface area contributed by atoms with Crippen molar-refractivity contribution in [1.29, 1.82) is 0 Å². The summed E-state index contributed by atoms with van der Waals surface area (Å²) in [4.78, 5) is 48.2. The highest BCUT2D eigenvalue weighted by molar-refractivity contribution is 5.93. The van der Waals surface area contributed by atoms with Gasteiger partial charge in [-0.15, -0.1) is 0 Å². The minimum atomic E-state index is -0.976. The number of fused-ring (bicyclic) bond motifs is 1. The molecule has 1 aromatic carbocycles. The van der Waals surface area contributed by atoms with Crippen molar-refractivity contribution in [3.8, 4) is 0 Å². The van der Waals surface area contributed by atoms with Gasteiger partial charge in [0.1, 0.15) is 17.4 Å². The number of amides is 3. The van der Waals surface area contributed by atoms with E-state index in [1.807, 2.05) is 11.8 Å². The van der Waals surface area contributed by atoms with E-state index in [2.05, 4.69) is 27.5 Å². The summed E-state index contributed by atoms with van der Waals surface area (Å²) in [6, 6.07) is 3.26. The highest BCUT2D eigenvalue weighted by Crippen LogP contribution is 2.37. The number of nitrogens with one attached hydrogen (secondary N) is 3. The van der Waals surface area contributed by atoms with E-state index in [1.165, 1.54) is 6.07 Å². The molecule has 0 unspecified atom stereocenters. The normalized spacial score (nSPS) is 23.9. The van der Waals surface area contributed by atoms with Crippen LogP contribution in [-0.2, 0) is 14.4 Å². The Morgan fingerprint density at radius 3 is 2.71 bits per heavy atom. The fraction of sp³-hybridized carbons (Fsp3) is 0.600. The number of likely N-dealkylation sites (tertiary alicyclic amines) is 1. The Morgan fingerprint density at radius 2 is 2.03 bits per heavy atom. The molecular weight excluding hydrogens is 437 g/mol. The van der Waals surface area contributed by atoms with Crippen molar-refractivity contribution in [3.05, 3.63) is 29.8 Å². The number of benzene rings is 1. The van der Waals surface area contributed by atoms with Crippen molar-refractivity contribution in [2.45, 2.75) is 77.4 Å². The van der Waals surface area contributed by atoms with Gasteiger partial charge in [-0.05, 0) is 57.1 Å². The molecule has 0 spiro atoms. The van der Waals surface area contributed by atoms with Crippen LogP contribution < -0.4 is 10.6 Å². The summed E-state index contributed by atoms with van der Waals surface area (Å²) in [5.41, 5.74) is 0.742. The van der Waals surface area contributed by atoms with Gasteiger partial charge >= 0.3 is 0 Å². The molecule has 8 nitrogen and oxygen atoms in total. The summed E-state index contributed by atoms with van der Waals surface area (Å²) in [6.45, 7) is 6.47. The number of piperidine rings is 1. The van der Waals surface area contributed by atoms with Gasteiger partial charge in [0.05, 0.1) is 18.0 Å². The Labute approximate surface area is 199 Å². The molecule has 1 aromatic heterocycles. The molecule has 1 aliphatic heterocycles. The van der Waals surface area contributed by atoms with E-state index in [4.69, 9.17) is 0 Å². The van der Waals surface area contributed by atoms with E-state index in [9.17, 15) is 18.8 Å². The van der Waals surface area contributed by atoms with Crippen molar-refractivity contribution in [1.82, 2.24) is 25.5 Å². The molecule has 3 amide bonds. The number of H-pyrrole nitrogens is 1. The molecule has 4 rings (SSSR count). The van der Waals surface area contributed by atoms with Crippen molar-refractivity contribution in [3.63, 3.8) is 0 Å². The van der Waals surface area contributed by atoms with Crippen LogP contribution in [0.4, 0.5) is 4.39 Å². The predicted octanol–water partition coefficient (Wildman–Crippen LogP) is 3.20. The first-order chi connectivity index (χ1) is 16.3. The second-order valence-electron chi connectivity index (χ2n) is 9.72.